The van der Waals surface area contributed by atoms with Gasteiger partial charge in [-0.2, -0.15) is 5.26 Å². The van der Waals surface area contributed by atoms with Crippen molar-refractivity contribution in [1.82, 2.24) is 0 Å². The normalized spacial score (nSPS) is 19.8. The first-order chi connectivity index (χ1) is 14.4. The lowest BCUT2D eigenvalue weighted by Crippen LogP contribution is -2.23. The van der Waals surface area contributed by atoms with Crippen LogP contribution >= 0.6 is 0 Å². The summed E-state index contributed by atoms with van der Waals surface area (Å²) in [6.45, 7) is 6.19. The number of methoxy groups -OCH3 is 1. The van der Waals surface area contributed by atoms with Gasteiger partial charge in [0.15, 0.2) is 23.3 Å². The maximum atomic E-state index is 14.2. The van der Waals surface area contributed by atoms with Gasteiger partial charge in [-0.25, -0.2) is 17.6 Å². The summed E-state index contributed by atoms with van der Waals surface area (Å²) < 4.78 is 71.1. The largest absolute Gasteiger partial charge is 0.460 e. The molecule has 0 saturated heterocycles. The maximum Gasteiger partial charge on any atom is 0.310 e. The van der Waals surface area contributed by atoms with E-state index in [4.69, 9.17) is 14.7 Å². The number of carbonyl (C=O) groups excluding carboxylic acids is 2. The summed E-state index contributed by atoms with van der Waals surface area (Å²) in [5.41, 5.74) is -2.89. The van der Waals surface area contributed by atoms with E-state index < -0.39 is 82.9 Å². The van der Waals surface area contributed by atoms with Crippen molar-refractivity contribution in [3.05, 3.63) is 46.5 Å². The van der Waals surface area contributed by atoms with Crippen LogP contribution in [-0.4, -0.2) is 25.2 Å². The highest BCUT2D eigenvalue weighted by molar-refractivity contribution is 5.78. The Balaban J connectivity index is 2.22. The molecule has 1 aliphatic rings. The van der Waals surface area contributed by atoms with Gasteiger partial charge in [0.2, 0.25) is 0 Å². The number of nitrogens with zero attached hydrogens (tertiary/aromatic N) is 1. The van der Waals surface area contributed by atoms with Gasteiger partial charge in [-0.15, -0.1) is 0 Å². The van der Waals surface area contributed by atoms with E-state index in [0.29, 0.717) is 0 Å². The van der Waals surface area contributed by atoms with Crippen molar-refractivity contribution < 1.29 is 41.4 Å². The molecular weight excluding hydrogens is 422 g/mol. The molecule has 1 aromatic rings. The van der Waals surface area contributed by atoms with Crippen LogP contribution in [0.2, 0.25) is 0 Å². The molecule has 6 nitrogen and oxygen atoms in total. The minimum Gasteiger partial charge on any atom is -0.460 e. The lowest BCUT2D eigenvalue weighted by Gasteiger charge is -2.16. The Morgan fingerprint density at radius 2 is 1.58 bits per heavy atom. The quantitative estimate of drug-likeness (QED) is 0.264. The number of halogens is 4. The van der Waals surface area contributed by atoms with E-state index in [9.17, 15) is 27.2 Å². The fourth-order valence-electron chi connectivity index (χ4n) is 3.65. The molecule has 1 unspecified atom stereocenters. The molecule has 1 aromatic carbocycles. The Morgan fingerprint density at radius 3 is 2.00 bits per heavy atom. The first kappa shape index (κ1) is 24.3. The molecule has 1 fully saturated rings. The summed E-state index contributed by atoms with van der Waals surface area (Å²) in [6, 6.07) is 1.77. The molecule has 168 valence electrons. The summed E-state index contributed by atoms with van der Waals surface area (Å²) >= 11 is 0. The molecule has 2 rings (SSSR count). The van der Waals surface area contributed by atoms with Gasteiger partial charge < -0.3 is 14.2 Å². The first-order valence-corrected chi connectivity index (χ1v) is 9.15. The summed E-state index contributed by atoms with van der Waals surface area (Å²) in [7, 11) is 1.10. The number of benzene rings is 1. The van der Waals surface area contributed by atoms with Gasteiger partial charge in [0.05, 0.1) is 35.3 Å². The summed E-state index contributed by atoms with van der Waals surface area (Å²) in [4.78, 5) is 23.9. The minimum atomic E-state index is -1.69. The molecule has 1 saturated carbocycles. The van der Waals surface area contributed by atoms with Gasteiger partial charge in [0, 0.05) is 20.0 Å². The van der Waals surface area contributed by atoms with Crippen molar-refractivity contribution in [1.29, 1.82) is 5.26 Å². The van der Waals surface area contributed by atoms with Crippen molar-refractivity contribution in [2.45, 2.75) is 40.1 Å². The van der Waals surface area contributed by atoms with Gasteiger partial charge in [-0.05, 0) is 5.41 Å². The van der Waals surface area contributed by atoms with Crippen LogP contribution in [0.1, 0.15) is 31.9 Å². The standard InChI is InChI=1S/C21H21F4NO5/c1-9(6-26)19(31-10(2)27)13-14(21(13,3)4)20(28)30-8-12-17(24)15(22)11(7-29-5)16(23)18(12)25/h13-14,19H,1,7-8H2,2-5H3/t13-,14-,19?/m0/s1. The molecule has 0 spiro atoms. The Bertz CT molecular complexity index is 940. The molecule has 0 amide bonds. The highest BCUT2D eigenvalue weighted by Gasteiger charge is 2.67. The minimum absolute atomic E-state index is 0.0847. The summed E-state index contributed by atoms with van der Waals surface area (Å²) in [5.74, 6) is -9.88. The SMILES string of the molecule is C=C(C#N)C(OC(C)=O)[C@@H]1[C@@H](C(=O)OCc2c(F)c(F)c(COC)c(F)c2F)C1(C)C. The van der Waals surface area contributed by atoms with Crippen molar-refractivity contribution in [3.63, 3.8) is 0 Å². The van der Waals surface area contributed by atoms with Crippen LogP contribution in [0.25, 0.3) is 0 Å². The van der Waals surface area contributed by atoms with Gasteiger partial charge >= 0.3 is 11.9 Å². The van der Waals surface area contributed by atoms with Gasteiger partial charge in [-0.3, -0.25) is 9.59 Å². The van der Waals surface area contributed by atoms with Crippen LogP contribution in [0, 0.1) is 51.9 Å². The summed E-state index contributed by atoms with van der Waals surface area (Å²) in [5, 5.41) is 9.10. The first-order valence-electron chi connectivity index (χ1n) is 9.15. The average Bonchev–Trinajstić information content (AvgIpc) is 3.28. The lowest BCUT2D eigenvalue weighted by atomic mass is 10.0. The number of ether oxygens (including phenoxy) is 3. The summed E-state index contributed by atoms with van der Waals surface area (Å²) in [6.07, 6.45) is -1.09. The van der Waals surface area contributed by atoms with Gasteiger partial charge in [-0.1, -0.05) is 20.4 Å². The number of esters is 2. The average molecular weight is 443 g/mol. The molecular formula is C21H21F4NO5. The van der Waals surface area contributed by atoms with Crippen molar-refractivity contribution >= 4 is 11.9 Å². The van der Waals surface area contributed by atoms with Crippen LogP contribution in [-0.2, 0) is 37.0 Å². The van der Waals surface area contributed by atoms with Gasteiger partial charge in [0.25, 0.3) is 0 Å². The molecule has 1 aliphatic carbocycles. The Morgan fingerprint density at radius 1 is 1.10 bits per heavy atom. The molecule has 0 aromatic heterocycles. The maximum absolute atomic E-state index is 14.2. The van der Waals surface area contributed by atoms with E-state index in [1.165, 1.54) is 0 Å². The molecule has 3 atom stereocenters. The predicted octanol–water partition coefficient (Wildman–Crippen LogP) is 3.72. The van der Waals surface area contributed by atoms with E-state index in [2.05, 4.69) is 11.3 Å². The second-order valence-electron chi connectivity index (χ2n) is 7.75. The smallest absolute Gasteiger partial charge is 0.310 e. The molecule has 31 heavy (non-hydrogen) atoms. The predicted molar refractivity (Wildman–Crippen MR) is 97.9 cm³/mol. The Labute approximate surface area is 176 Å². The highest BCUT2D eigenvalue weighted by atomic mass is 19.2. The van der Waals surface area contributed by atoms with Crippen LogP contribution in [0.4, 0.5) is 17.6 Å². The molecule has 0 N–H and O–H groups in total. The van der Waals surface area contributed by atoms with Crippen molar-refractivity contribution in [2.75, 3.05) is 7.11 Å². The zero-order valence-corrected chi connectivity index (χ0v) is 17.4. The third-order valence-electron chi connectivity index (χ3n) is 5.36. The molecule has 0 radical (unpaired) electrons. The molecule has 0 aliphatic heterocycles. The third-order valence-corrected chi connectivity index (χ3v) is 5.36. The van der Waals surface area contributed by atoms with Gasteiger partial charge in [0.1, 0.15) is 12.7 Å². The van der Waals surface area contributed by atoms with Crippen molar-refractivity contribution in [2.24, 2.45) is 17.3 Å². The fourth-order valence-corrected chi connectivity index (χ4v) is 3.65. The second-order valence-corrected chi connectivity index (χ2v) is 7.75. The third kappa shape index (κ3) is 4.56. The Hall–Kier alpha value is -2.93. The van der Waals surface area contributed by atoms with Crippen LogP contribution in [0.3, 0.4) is 0 Å². The fraction of sp³-hybridized carbons (Fsp3) is 0.476. The number of hydrogen-bond donors (Lipinski definition) is 0. The van der Waals surface area contributed by atoms with Crippen LogP contribution in [0.15, 0.2) is 12.2 Å². The van der Waals surface area contributed by atoms with Crippen LogP contribution < -0.4 is 0 Å². The van der Waals surface area contributed by atoms with Crippen molar-refractivity contribution in [3.8, 4) is 6.07 Å². The molecule has 0 heterocycles. The number of nitriles is 1. The van der Waals surface area contributed by atoms with E-state index in [1.54, 1.807) is 19.9 Å². The number of carbonyl (C=O) groups is 2. The highest BCUT2D eigenvalue weighted by Crippen LogP contribution is 2.62. The monoisotopic (exact) mass is 443 g/mol. The zero-order valence-electron chi connectivity index (χ0n) is 17.4. The number of rotatable bonds is 8. The van der Waals surface area contributed by atoms with E-state index in [1.807, 2.05) is 0 Å². The lowest BCUT2D eigenvalue weighted by molar-refractivity contribution is -0.150. The van der Waals surface area contributed by atoms with Crippen LogP contribution in [0.5, 0.6) is 0 Å². The Kier molecular flexibility index (Phi) is 7.11. The number of hydrogen-bond acceptors (Lipinski definition) is 6. The topological polar surface area (TPSA) is 85.6 Å². The van der Waals surface area contributed by atoms with E-state index in [0.717, 1.165) is 14.0 Å². The second kappa shape index (κ2) is 9.06. The zero-order chi connectivity index (χ0) is 23.7. The molecule has 10 heteroatoms. The van der Waals surface area contributed by atoms with E-state index >= 15 is 0 Å². The molecule has 0 bridgehead atoms. The van der Waals surface area contributed by atoms with E-state index in [-0.39, 0.29) is 5.57 Å².